The molecule has 0 aromatic heterocycles. The SMILES string of the molecule is CCNC1(C(=O)OC)CCC(OCCCOC)C1. The summed E-state index contributed by atoms with van der Waals surface area (Å²) in [6.07, 6.45) is 3.40. The second-order valence-corrected chi connectivity index (χ2v) is 4.69. The van der Waals surface area contributed by atoms with E-state index in [4.69, 9.17) is 14.2 Å². The molecule has 2 unspecified atom stereocenters. The van der Waals surface area contributed by atoms with E-state index in [1.54, 1.807) is 7.11 Å². The first-order valence-electron chi connectivity index (χ1n) is 6.62. The van der Waals surface area contributed by atoms with Gasteiger partial charge >= 0.3 is 5.97 Å². The Labute approximate surface area is 109 Å². The molecule has 0 aliphatic heterocycles. The van der Waals surface area contributed by atoms with Gasteiger partial charge in [-0.3, -0.25) is 4.79 Å². The summed E-state index contributed by atoms with van der Waals surface area (Å²) in [4.78, 5) is 11.9. The average molecular weight is 259 g/mol. The topological polar surface area (TPSA) is 56.8 Å². The van der Waals surface area contributed by atoms with Crippen LogP contribution in [0.25, 0.3) is 0 Å². The van der Waals surface area contributed by atoms with Crippen LogP contribution in [0.15, 0.2) is 0 Å². The third-order valence-corrected chi connectivity index (χ3v) is 3.41. The van der Waals surface area contributed by atoms with Crippen LogP contribution in [0.4, 0.5) is 0 Å². The minimum Gasteiger partial charge on any atom is -0.468 e. The number of nitrogens with one attached hydrogen (secondary N) is 1. The van der Waals surface area contributed by atoms with E-state index in [1.807, 2.05) is 6.92 Å². The Bertz CT molecular complexity index is 259. The second-order valence-electron chi connectivity index (χ2n) is 4.69. The minimum atomic E-state index is -0.546. The zero-order chi connectivity index (χ0) is 13.4. The molecule has 0 spiro atoms. The summed E-state index contributed by atoms with van der Waals surface area (Å²) in [7, 11) is 3.12. The number of hydrogen-bond donors (Lipinski definition) is 1. The number of rotatable bonds is 8. The number of esters is 1. The van der Waals surface area contributed by atoms with Crippen LogP contribution in [-0.2, 0) is 19.0 Å². The van der Waals surface area contributed by atoms with Crippen molar-refractivity contribution in [2.24, 2.45) is 0 Å². The van der Waals surface area contributed by atoms with Gasteiger partial charge in [0.2, 0.25) is 0 Å². The highest BCUT2D eigenvalue weighted by Crippen LogP contribution is 2.33. The second kappa shape index (κ2) is 7.71. The Morgan fingerprint density at radius 2 is 2.17 bits per heavy atom. The highest BCUT2D eigenvalue weighted by molar-refractivity contribution is 5.81. The molecule has 1 fully saturated rings. The van der Waals surface area contributed by atoms with Crippen LogP contribution < -0.4 is 5.32 Å². The molecule has 0 heterocycles. The summed E-state index contributed by atoms with van der Waals surface area (Å²) in [5, 5.41) is 3.26. The van der Waals surface area contributed by atoms with E-state index in [1.165, 1.54) is 7.11 Å². The number of likely N-dealkylation sites (N-methyl/N-ethyl adjacent to an activating group) is 1. The lowest BCUT2D eigenvalue weighted by molar-refractivity contribution is -0.148. The minimum absolute atomic E-state index is 0.139. The van der Waals surface area contributed by atoms with Crippen LogP contribution in [0.3, 0.4) is 0 Å². The van der Waals surface area contributed by atoms with E-state index < -0.39 is 5.54 Å². The van der Waals surface area contributed by atoms with Gasteiger partial charge in [-0.15, -0.1) is 0 Å². The van der Waals surface area contributed by atoms with Gasteiger partial charge in [0.1, 0.15) is 5.54 Å². The van der Waals surface area contributed by atoms with Gasteiger partial charge in [0.25, 0.3) is 0 Å². The summed E-state index contributed by atoms with van der Waals surface area (Å²) in [5.41, 5.74) is -0.546. The fourth-order valence-electron chi connectivity index (χ4n) is 2.55. The van der Waals surface area contributed by atoms with Crippen LogP contribution in [-0.4, -0.2) is 51.6 Å². The number of hydrogen-bond acceptors (Lipinski definition) is 5. The summed E-state index contributed by atoms with van der Waals surface area (Å²) in [5.74, 6) is -0.174. The maximum absolute atomic E-state index is 11.9. The zero-order valence-electron chi connectivity index (χ0n) is 11.7. The van der Waals surface area contributed by atoms with Gasteiger partial charge in [-0.1, -0.05) is 6.92 Å². The van der Waals surface area contributed by atoms with Gasteiger partial charge in [-0.05, 0) is 25.8 Å². The summed E-state index contributed by atoms with van der Waals surface area (Å²) in [6.45, 7) is 4.15. The molecule has 1 saturated carbocycles. The van der Waals surface area contributed by atoms with Gasteiger partial charge in [-0.25, -0.2) is 0 Å². The van der Waals surface area contributed by atoms with Gasteiger partial charge in [0, 0.05) is 26.7 Å². The van der Waals surface area contributed by atoms with Crippen molar-refractivity contribution in [1.29, 1.82) is 0 Å². The Kier molecular flexibility index (Phi) is 6.60. The normalized spacial score (nSPS) is 27.4. The third-order valence-electron chi connectivity index (χ3n) is 3.41. The van der Waals surface area contributed by atoms with Gasteiger partial charge < -0.3 is 19.5 Å². The summed E-state index contributed by atoms with van der Waals surface area (Å²) < 4.78 is 15.7. The number of methoxy groups -OCH3 is 2. The van der Waals surface area contributed by atoms with Gasteiger partial charge in [0.05, 0.1) is 13.2 Å². The molecule has 1 aliphatic carbocycles. The molecule has 0 saturated heterocycles. The maximum Gasteiger partial charge on any atom is 0.326 e. The first-order chi connectivity index (χ1) is 8.68. The van der Waals surface area contributed by atoms with Gasteiger partial charge in [0.15, 0.2) is 0 Å². The Balaban J connectivity index is 2.42. The first-order valence-corrected chi connectivity index (χ1v) is 6.62. The lowest BCUT2D eigenvalue weighted by Gasteiger charge is -2.27. The Morgan fingerprint density at radius 1 is 1.39 bits per heavy atom. The van der Waals surface area contributed by atoms with Gasteiger partial charge in [-0.2, -0.15) is 0 Å². The predicted molar refractivity (Wildman–Crippen MR) is 68.5 cm³/mol. The molecule has 1 N–H and O–H groups in total. The molecule has 0 bridgehead atoms. The maximum atomic E-state index is 11.9. The van der Waals surface area contributed by atoms with E-state index in [9.17, 15) is 4.79 Å². The molecule has 0 amide bonds. The van der Waals surface area contributed by atoms with Crippen molar-refractivity contribution in [2.75, 3.05) is 34.0 Å². The zero-order valence-corrected chi connectivity index (χ0v) is 11.7. The molecule has 1 rings (SSSR count). The average Bonchev–Trinajstić information content (AvgIpc) is 2.79. The Morgan fingerprint density at radius 3 is 2.78 bits per heavy atom. The fraction of sp³-hybridized carbons (Fsp3) is 0.923. The molecule has 0 aromatic carbocycles. The quantitative estimate of drug-likeness (QED) is 0.523. The monoisotopic (exact) mass is 259 g/mol. The molecule has 5 heteroatoms. The highest BCUT2D eigenvalue weighted by atomic mass is 16.5. The number of carbonyl (C=O) groups excluding carboxylic acids is 1. The van der Waals surface area contributed by atoms with Crippen LogP contribution in [0, 0.1) is 0 Å². The largest absolute Gasteiger partial charge is 0.468 e. The van der Waals surface area contributed by atoms with Crippen molar-refractivity contribution in [3.63, 3.8) is 0 Å². The molecule has 18 heavy (non-hydrogen) atoms. The van der Waals surface area contributed by atoms with Crippen LogP contribution in [0.1, 0.15) is 32.6 Å². The summed E-state index contributed by atoms with van der Waals surface area (Å²) >= 11 is 0. The fourth-order valence-corrected chi connectivity index (χ4v) is 2.55. The number of carbonyl (C=O) groups is 1. The Hall–Kier alpha value is -0.650. The van der Waals surface area contributed by atoms with Crippen molar-refractivity contribution in [1.82, 2.24) is 5.32 Å². The van der Waals surface area contributed by atoms with E-state index >= 15 is 0 Å². The third kappa shape index (κ3) is 3.93. The molecule has 5 nitrogen and oxygen atoms in total. The molecule has 0 radical (unpaired) electrons. The molecule has 106 valence electrons. The van der Waals surface area contributed by atoms with Crippen molar-refractivity contribution in [3.8, 4) is 0 Å². The molecule has 0 aromatic rings. The van der Waals surface area contributed by atoms with E-state index in [-0.39, 0.29) is 12.1 Å². The molecular formula is C13H25NO4. The first kappa shape index (κ1) is 15.4. The lowest BCUT2D eigenvalue weighted by atomic mass is 9.97. The van der Waals surface area contributed by atoms with Crippen molar-refractivity contribution >= 4 is 5.97 Å². The molecule has 2 atom stereocenters. The van der Waals surface area contributed by atoms with E-state index in [2.05, 4.69) is 5.32 Å². The molecular weight excluding hydrogens is 234 g/mol. The predicted octanol–water partition coefficient (Wildman–Crippen LogP) is 1.11. The van der Waals surface area contributed by atoms with Crippen LogP contribution >= 0.6 is 0 Å². The van der Waals surface area contributed by atoms with E-state index in [0.29, 0.717) is 19.6 Å². The van der Waals surface area contributed by atoms with Crippen molar-refractivity contribution in [2.45, 2.75) is 44.2 Å². The summed E-state index contributed by atoms with van der Waals surface area (Å²) in [6, 6.07) is 0. The highest BCUT2D eigenvalue weighted by Gasteiger charge is 2.46. The number of ether oxygens (including phenoxy) is 3. The van der Waals surface area contributed by atoms with Crippen LogP contribution in [0.5, 0.6) is 0 Å². The van der Waals surface area contributed by atoms with Crippen molar-refractivity contribution in [3.05, 3.63) is 0 Å². The lowest BCUT2D eigenvalue weighted by Crippen LogP contribution is -2.51. The smallest absolute Gasteiger partial charge is 0.326 e. The molecule has 1 aliphatic rings. The van der Waals surface area contributed by atoms with Crippen LogP contribution in [0.2, 0.25) is 0 Å². The standard InChI is InChI=1S/C13H25NO4/c1-4-14-13(12(15)17-3)7-6-11(10-13)18-9-5-8-16-2/h11,14H,4-10H2,1-3H3. The van der Waals surface area contributed by atoms with Crippen molar-refractivity contribution < 1.29 is 19.0 Å². The van der Waals surface area contributed by atoms with E-state index in [0.717, 1.165) is 25.8 Å².